The number of halogens is 3. The number of nitrogens with two attached hydrogens (primary N) is 1. The van der Waals surface area contributed by atoms with E-state index in [1.54, 1.807) is 7.11 Å². The average molecular weight is 339 g/mol. The third-order valence-corrected chi connectivity index (χ3v) is 3.57. The van der Waals surface area contributed by atoms with Crippen LogP contribution in [0.15, 0.2) is 42.5 Å². The molecule has 0 saturated heterocycles. The molecule has 6 heteroatoms. The second-order valence-corrected chi connectivity index (χ2v) is 5.35. The highest BCUT2D eigenvalue weighted by molar-refractivity contribution is 5.38. The molecule has 2 aromatic rings. The third-order valence-electron chi connectivity index (χ3n) is 3.57. The van der Waals surface area contributed by atoms with Crippen molar-refractivity contribution in [3.63, 3.8) is 0 Å². The Morgan fingerprint density at radius 2 is 1.88 bits per heavy atom. The molecule has 0 aliphatic carbocycles. The highest BCUT2D eigenvalue weighted by atomic mass is 19.4. The monoisotopic (exact) mass is 339 g/mol. The van der Waals surface area contributed by atoms with Crippen molar-refractivity contribution in [2.75, 3.05) is 13.7 Å². The summed E-state index contributed by atoms with van der Waals surface area (Å²) in [6.45, 7) is 0.725. The summed E-state index contributed by atoms with van der Waals surface area (Å²) in [6.07, 6.45) is -2.70. The van der Waals surface area contributed by atoms with E-state index in [1.807, 2.05) is 18.2 Å². The maximum absolute atomic E-state index is 12.7. The van der Waals surface area contributed by atoms with Gasteiger partial charge >= 0.3 is 6.18 Å². The van der Waals surface area contributed by atoms with Crippen molar-refractivity contribution in [2.24, 2.45) is 5.73 Å². The molecule has 3 nitrogen and oxygen atoms in total. The lowest BCUT2D eigenvalue weighted by Crippen LogP contribution is -2.06. The molecule has 0 saturated carbocycles. The van der Waals surface area contributed by atoms with Gasteiger partial charge in [0.1, 0.15) is 18.1 Å². The molecule has 2 aromatic carbocycles. The van der Waals surface area contributed by atoms with Gasteiger partial charge in [-0.1, -0.05) is 12.1 Å². The molecule has 0 bridgehead atoms. The van der Waals surface area contributed by atoms with Crippen molar-refractivity contribution < 1.29 is 22.6 Å². The van der Waals surface area contributed by atoms with Crippen LogP contribution >= 0.6 is 0 Å². The lowest BCUT2D eigenvalue weighted by Gasteiger charge is -2.13. The lowest BCUT2D eigenvalue weighted by molar-refractivity contribution is -0.137. The molecule has 0 radical (unpaired) electrons. The first-order valence-corrected chi connectivity index (χ1v) is 7.60. The van der Waals surface area contributed by atoms with Gasteiger partial charge in [0.15, 0.2) is 0 Å². The molecule has 2 rings (SSSR count). The molecule has 0 amide bonds. The normalized spacial score (nSPS) is 11.4. The Labute approximate surface area is 139 Å². The smallest absolute Gasteiger partial charge is 0.416 e. The average Bonchev–Trinajstić information content (AvgIpc) is 2.57. The zero-order valence-corrected chi connectivity index (χ0v) is 13.4. The summed E-state index contributed by atoms with van der Waals surface area (Å²) >= 11 is 0. The first kappa shape index (κ1) is 18.1. The number of rotatable bonds is 7. The van der Waals surface area contributed by atoms with E-state index in [0.29, 0.717) is 12.3 Å². The van der Waals surface area contributed by atoms with Gasteiger partial charge in [-0.3, -0.25) is 0 Å². The van der Waals surface area contributed by atoms with Crippen molar-refractivity contribution >= 4 is 0 Å². The van der Waals surface area contributed by atoms with Crippen LogP contribution in [0, 0.1) is 0 Å². The predicted molar refractivity (Wildman–Crippen MR) is 86.1 cm³/mol. The van der Waals surface area contributed by atoms with Crippen LogP contribution in [0.3, 0.4) is 0 Å². The van der Waals surface area contributed by atoms with Crippen LogP contribution in [0.1, 0.15) is 23.1 Å². The summed E-state index contributed by atoms with van der Waals surface area (Å²) in [5, 5.41) is 0. The first-order chi connectivity index (χ1) is 11.4. The molecule has 0 aliphatic heterocycles. The summed E-state index contributed by atoms with van der Waals surface area (Å²) in [4.78, 5) is 0. The first-order valence-electron chi connectivity index (χ1n) is 7.60. The number of hydrogen-bond acceptors (Lipinski definition) is 3. The fourth-order valence-electron chi connectivity index (χ4n) is 2.33. The molecular weight excluding hydrogens is 319 g/mol. The van der Waals surface area contributed by atoms with Crippen LogP contribution < -0.4 is 15.2 Å². The van der Waals surface area contributed by atoms with E-state index in [-0.39, 0.29) is 12.4 Å². The van der Waals surface area contributed by atoms with E-state index in [1.165, 1.54) is 12.1 Å². The van der Waals surface area contributed by atoms with Crippen molar-refractivity contribution in [3.05, 3.63) is 59.2 Å². The summed E-state index contributed by atoms with van der Waals surface area (Å²) in [5.41, 5.74) is 6.65. The minimum absolute atomic E-state index is 0.126. The zero-order valence-electron chi connectivity index (χ0n) is 13.4. The Hall–Kier alpha value is -2.21. The Morgan fingerprint density at radius 3 is 2.54 bits per heavy atom. The van der Waals surface area contributed by atoms with E-state index in [4.69, 9.17) is 15.2 Å². The molecule has 0 unspecified atom stereocenters. The fourth-order valence-corrected chi connectivity index (χ4v) is 2.33. The minimum Gasteiger partial charge on any atom is -0.496 e. The summed E-state index contributed by atoms with van der Waals surface area (Å²) < 4.78 is 49.0. The Kier molecular flexibility index (Phi) is 6.09. The number of ether oxygens (including phenoxy) is 2. The molecule has 0 aliphatic rings. The fraction of sp³-hybridized carbons (Fsp3) is 0.333. The number of methoxy groups -OCH3 is 1. The van der Waals surface area contributed by atoms with Gasteiger partial charge in [0, 0.05) is 5.56 Å². The molecule has 0 atom stereocenters. The molecule has 0 fully saturated rings. The van der Waals surface area contributed by atoms with E-state index < -0.39 is 11.7 Å². The highest BCUT2D eigenvalue weighted by Gasteiger charge is 2.30. The van der Waals surface area contributed by atoms with Crippen molar-refractivity contribution in [2.45, 2.75) is 25.6 Å². The number of benzene rings is 2. The van der Waals surface area contributed by atoms with Gasteiger partial charge in [-0.05, 0) is 55.3 Å². The maximum Gasteiger partial charge on any atom is 0.416 e. The Morgan fingerprint density at radius 1 is 1.08 bits per heavy atom. The second-order valence-electron chi connectivity index (χ2n) is 5.35. The van der Waals surface area contributed by atoms with Gasteiger partial charge in [0.05, 0.1) is 12.7 Å². The van der Waals surface area contributed by atoms with Gasteiger partial charge in [0.25, 0.3) is 0 Å². The summed E-state index contributed by atoms with van der Waals surface area (Å²) in [5.74, 6) is 0.803. The number of hydrogen-bond donors (Lipinski definition) is 1. The van der Waals surface area contributed by atoms with Gasteiger partial charge in [-0.15, -0.1) is 0 Å². The lowest BCUT2D eigenvalue weighted by atomic mass is 10.1. The van der Waals surface area contributed by atoms with Gasteiger partial charge in [0.2, 0.25) is 0 Å². The van der Waals surface area contributed by atoms with Crippen LogP contribution in [-0.4, -0.2) is 13.7 Å². The predicted octanol–water partition coefficient (Wildman–Crippen LogP) is 4.18. The van der Waals surface area contributed by atoms with Gasteiger partial charge in [-0.2, -0.15) is 13.2 Å². The van der Waals surface area contributed by atoms with E-state index in [2.05, 4.69) is 0 Å². The SMILES string of the molecule is COc1ccc(CCCN)cc1COc1cccc(C(F)(F)F)c1. The van der Waals surface area contributed by atoms with Crippen molar-refractivity contribution in [1.29, 1.82) is 0 Å². The quantitative estimate of drug-likeness (QED) is 0.823. The minimum atomic E-state index is -4.39. The largest absolute Gasteiger partial charge is 0.496 e. The van der Waals surface area contributed by atoms with Crippen LogP contribution in [0.2, 0.25) is 0 Å². The van der Waals surface area contributed by atoms with Gasteiger partial charge < -0.3 is 15.2 Å². The highest BCUT2D eigenvalue weighted by Crippen LogP contribution is 2.31. The van der Waals surface area contributed by atoms with E-state index in [9.17, 15) is 13.2 Å². The Balaban J connectivity index is 2.13. The zero-order chi connectivity index (χ0) is 17.6. The van der Waals surface area contributed by atoms with Crippen LogP contribution in [0.5, 0.6) is 11.5 Å². The summed E-state index contributed by atoms with van der Waals surface area (Å²) in [6, 6.07) is 10.5. The van der Waals surface area contributed by atoms with E-state index in [0.717, 1.165) is 36.1 Å². The van der Waals surface area contributed by atoms with Crippen LogP contribution in [0.4, 0.5) is 13.2 Å². The molecule has 130 valence electrons. The van der Waals surface area contributed by atoms with Crippen LogP contribution in [0.25, 0.3) is 0 Å². The third kappa shape index (κ3) is 4.89. The molecule has 2 N–H and O–H groups in total. The summed E-state index contributed by atoms with van der Waals surface area (Å²) in [7, 11) is 1.54. The number of aryl methyl sites for hydroxylation is 1. The molecule has 0 aromatic heterocycles. The van der Waals surface area contributed by atoms with E-state index >= 15 is 0 Å². The standard InChI is InChI=1S/C18H20F3NO2/c1-23-17-8-7-13(4-3-9-22)10-14(17)12-24-16-6-2-5-15(11-16)18(19,20)21/h2,5-8,10-11H,3-4,9,12,22H2,1H3. The van der Waals surface area contributed by atoms with Gasteiger partial charge in [-0.25, -0.2) is 0 Å². The molecular formula is C18H20F3NO2. The van der Waals surface area contributed by atoms with Crippen molar-refractivity contribution in [3.8, 4) is 11.5 Å². The Bertz CT molecular complexity index is 672. The number of alkyl halides is 3. The van der Waals surface area contributed by atoms with Crippen molar-refractivity contribution in [1.82, 2.24) is 0 Å². The molecule has 0 heterocycles. The maximum atomic E-state index is 12.7. The molecule has 0 spiro atoms. The topological polar surface area (TPSA) is 44.5 Å². The second kappa shape index (κ2) is 8.06. The molecule has 24 heavy (non-hydrogen) atoms. The van der Waals surface area contributed by atoms with Crippen LogP contribution in [-0.2, 0) is 19.2 Å².